The van der Waals surface area contributed by atoms with Gasteiger partial charge < -0.3 is 4.55 Å². The van der Waals surface area contributed by atoms with E-state index in [-0.39, 0.29) is 0 Å². The van der Waals surface area contributed by atoms with Gasteiger partial charge in [0.25, 0.3) is 0 Å². The molecule has 0 heterocycles. The zero-order chi connectivity index (χ0) is 14.0. The maximum absolute atomic E-state index is 11.4. The van der Waals surface area contributed by atoms with Crippen molar-refractivity contribution in [3.8, 4) is 0 Å². The second-order valence-corrected chi connectivity index (χ2v) is 5.85. The first-order valence-electron chi connectivity index (χ1n) is 6.22. The van der Waals surface area contributed by atoms with Gasteiger partial charge in [0.2, 0.25) is 0 Å². The Labute approximate surface area is 116 Å². The van der Waals surface area contributed by atoms with Crippen molar-refractivity contribution in [1.29, 1.82) is 0 Å². The zero-order valence-electron chi connectivity index (χ0n) is 11.4. The van der Waals surface area contributed by atoms with Gasteiger partial charge in [-0.05, 0) is 55.0 Å². The van der Waals surface area contributed by atoms with Crippen LogP contribution in [0.3, 0.4) is 0 Å². The van der Waals surface area contributed by atoms with Crippen molar-refractivity contribution in [3.63, 3.8) is 0 Å². The third kappa shape index (κ3) is 3.31. The maximum Gasteiger partial charge on any atom is 0.0313 e. The van der Waals surface area contributed by atoms with E-state index in [1.54, 1.807) is 0 Å². The van der Waals surface area contributed by atoms with E-state index in [1.807, 2.05) is 51.1 Å². The van der Waals surface area contributed by atoms with Gasteiger partial charge in [0.05, 0.1) is 0 Å². The van der Waals surface area contributed by atoms with Gasteiger partial charge in [0.15, 0.2) is 0 Å². The fourth-order valence-corrected chi connectivity index (χ4v) is 3.12. The molecule has 1 atom stereocenters. The zero-order valence-corrected chi connectivity index (χ0v) is 12.2. The largest absolute Gasteiger partial charge is 0.768 e. The maximum atomic E-state index is 11.4. The second-order valence-electron chi connectivity index (χ2n) is 4.97. The van der Waals surface area contributed by atoms with Crippen LogP contribution < -0.4 is 0 Å². The van der Waals surface area contributed by atoms with Gasteiger partial charge in [-0.3, -0.25) is 4.21 Å². The summed E-state index contributed by atoms with van der Waals surface area (Å²) in [5.74, 6) is 0. The lowest BCUT2D eigenvalue weighted by Gasteiger charge is -2.16. The standard InChI is InChI=1S/C16H18O2S/c1-11-5-4-6-14(8-11)10-15-9-12(2)7-13(3)16(15)19(17)18/h4-9H,10H2,1-3H3,(H,17,18)/p-1. The van der Waals surface area contributed by atoms with Crippen LogP contribution in [0.1, 0.15) is 27.8 Å². The summed E-state index contributed by atoms with van der Waals surface area (Å²) in [5.41, 5.74) is 5.10. The van der Waals surface area contributed by atoms with Gasteiger partial charge in [-0.25, -0.2) is 0 Å². The Bertz CT molecular complexity index is 633. The minimum atomic E-state index is -2.19. The van der Waals surface area contributed by atoms with Crippen molar-refractivity contribution < 1.29 is 8.76 Å². The van der Waals surface area contributed by atoms with Crippen molar-refractivity contribution >= 4 is 11.1 Å². The number of rotatable bonds is 3. The van der Waals surface area contributed by atoms with Crippen LogP contribution in [0.4, 0.5) is 0 Å². The van der Waals surface area contributed by atoms with E-state index in [2.05, 4.69) is 6.07 Å². The molecule has 19 heavy (non-hydrogen) atoms. The lowest BCUT2D eigenvalue weighted by molar-refractivity contribution is 0.535. The van der Waals surface area contributed by atoms with E-state index in [9.17, 15) is 8.76 Å². The Morgan fingerprint density at radius 1 is 1.05 bits per heavy atom. The van der Waals surface area contributed by atoms with Crippen molar-refractivity contribution in [2.75, 3.05) is 0 Å². The van der Waals surface area contributed by atoms with Crippen molar-refractivity contribution in [1.82, 2.24) is 0 Å². The average molecular weight is 273 g/mol. The molecule has 0 bridgehead atoms. The number of benzene rings is 2. The van der Waals surface area contributed by atoms with Crippen LogP contribution in [-0.4, -0.2) is 8.76 Å². The van der Waals surface area contributed by atoms with E-state index < -0.39 is 11.1 Å². The second kappa shape index (κ2) is 5.68. The normalized spacial score (nSPS) is 12.4. The average Bonchev–Trinajstić information content (AvgIpc) is 2.26. The Balaban J connectivity index is 2.47. The smallest absolute Gasteiger partial charge is 0.0313 e. The molecule has 0 spiro atoms. The van der Waals surface area contributed by atoms with E-state index in [0.29, 0.717) is 11.3 Å². The summed E-state index contributed by atoms with van der Waals surface area (Å²) in [5, 5.41) is 0. The lowest BCUT2D eigenvalue weighted by Crippen LogP contribution is -2.02. The Morgan fingerprint density at radius 3 is 2.42 bits per heavy atom. The first-order chi connectivity index (χ1) is 8.97. The van der Waals surface area contributed by atoms with Gasteiger partial charge in [-0.15, -0.1) is 0 Å². The van der Waals surface area contributed by atoms with Gasteiger partial charge in [0, 0.05) is 4.90 Å². The molecule has 0 N–H and O–H groups in total. The first kappa shape index (κ1) is 14.0. The van der Waals surface area contributed by atoms with E-state index in [0.717, 1.165) is 22.3 Å². The molecule has 2 aromatic rings. The van der Waals surface area contributed by atoms with E-state index in [4.69, 9.17) is 0 Å². The predicted molar refractivity (Wildman–Crippen MR) is 77.1 cm³/mol. The van der Waals surface area contributed by atoms with Gasteiger partial charge in [-0.1, -0.05) is 47.5 Å². The molecule has 2 aromatic carbocycles. The molecule has 0 aromatic heterocycles. The Hall–Kier alpha value is -1.45. The molecule has 0 saturated heterocycles. The highest BCUT2D eigenvalue weighted by Gasteiger charge is 2.09. The fourth-order valence-electron chi connectivity index (χ4n) is 2.45. The molecule has 0 saturated carbocycles. The van der Waals surface area contributed by atoms with Crippen LogP contribution in [0, 0.1) is 20.8 Å². The Morgan fingerprint density at radius 2 is 1.79 bits per heavy atom. The minimum Gasteiger partial charge on any atom is -0.768 e. The van der Waals surface area contributed by atoms with Crippen LogP contribution in [0.25, 0.3) is 0 Å². The summed E-state index contributed by atoms with van der Waals surface area (Å²) < 4.78 is 22.8. The topological polar surface area (TPSA) is 40.1 Å². The molecule has 0 radical (unpaired) electrons. The number of hydrogen-bond donors (Lipinski definition) is 0. The van der Waals surface area contributed by atoms with Crippen LogP contribution in [0.5, 0.6) is 0 Å². The fraction of sp³-hybridized carbons (Fsp3) is 0.250. The molecular formula is C16H17O2S-. The lowest BCUT2D eigenvalue weighted by atomic mass is 9.99. The van der Waals surface area contributed by atoms with Gasteiger partial charge in [0.1, 0.15) is 0 Å². The van der Waals surface area contributed by atoms with Crippen molar-refractivity contribution in [2.45, 2.75) is 32.1 Å². The SMILES string of the molecule is Cc1cccc(Cc2cc(C)cc(C)c2S(=O)[O-])c1. The van der Waals surface area contributed by atoms with E-state index >= 15 is 0 Å². The summed E-state index contributed by atoms with van der Waals surface area (Å²) in [6.45, 7) is 5.87. The van der Waals surface area contributed by atoms with Crippen molar-refractivity contribution in [3.05, 3.63) is 64.2 Å². The quantitative estimate of drug-likeness (QED) is 0.804. The molecule has 3 heteroatoms. The van der Waals surface area contributed by atoms with Gasteiger partial charge in [-0.2, -0.15) is 0 Å². The highest BCUT2D eigenvalue weighted by atomic mass is 32.2. The first-order valence-corrected chi connectivity index (χ1v) is 7.30. The summed E-state index contributed by atoms with van der Waals surface area (Å²) in [4.78, 5) is 0.437. The monoisotopic (exact) mass is 273 g/mol. The van der Waals surface area contributed by atoms with Crippen LogP contribution in [0.2, 0.25) is 0 Å². The third-order valence-corrected chi connectivity index (χ3v) is 4.06. The summed E-state index contributed by atoms with van der Waals surface area (Å²) in [7, 11) is 0. The molecule has 0 aliphatic carbocycles. The molecule has 0 aliphatic heterocycles. The molecule has 0 aliphatic rings. The van der Waals surface area contributed by atoms with Crippen LogP contribution in [-0.2, 0) is 17.5 Å². The molecule has 2 rings (SSSR count). The Kier molecular flexibility index (Phi) is 4.17. The summed E-state index contributed by atoms with van der Waals surface area (Å²) >= 11 is -2.19. The molecule has 0 amide bonds. The number of hydrogen-bond acceptors (Lipinski definition) is 2. The molecule has 100 valence electrons. The van der Waals surface area contributed by atoms with Gasteiger partial charge >= 0.3 is 0 Å². The molecular weight excluding hydrogens is 256 g/mol. The highest BCUT2D eigenvalue weighted by Crippen LogP contribution is 2.23. The number of aryl methyl sites for hydroxylation is 3. The highest BCUT2D eigenvalue weighted by molar-refractivity contribution is 7.79. The van der Waals surface area contributed by atoms with Crippen LogP contribution in [0.15, 0.2) is 41.3 Å². The molecule has 0 fully saturated rings. The van der Waals surface area contributed by atoms with Crippen molar-refractivity contribution in [2.24, 2.45) is 0 Å². The van der Waals surface area contributed by atoms with E-state index in [1.165, 1.54) is 5.56 Å². The third-order valence-electron chi connectivity index (χ3n) is 3.14. The summed E-state index contributed by atoms with van der Waals surface area (Å²) in [6, 6.07) is 12.0. The summed E-state index contributed by atoms with van der Waals surface area (Å²) in [6.07, 6.45) is 0.646. The minimum absolute atomic E-state index is 0.437. The van der Waals surface area contributed by atoms with Crippen LogP contribution >= 0.6 is 0 Å². The molecule has 2 nitrogen and oxygen atoms in total. The molecule has 1 unspecified atom stereocenters. The predicted octanol–water partition coefficient (Wildman–Crippen LogP) is 3.44.